The molecule has 0 unspecified atom stereocenters. The van der Waals surface area contributed by atoms with Crippen LogP contribution in [0.3, 0.4) is 0 Å². The number of rotatable bonds is 6. The van der Waals surface area contributed by atoms with E-state index in [1.54, 1.807) is 0 Å². The van der Waals surface area contributed by atoms with Crippen LogP contribution >= 0.6 is 0 Å². The Morgan fingerprint density at radius 1 is 1.35 bits per heavy atom. The lowest BCUT2D eigenvalue weighted by atomic mass is 10.2. The van der Waals surface area contributed by atoms with Crippen molar-refractivity contribution in [2.75, 3.05) is 13.1 Å². The molecule has 1 amide bonds. The number of nitrogens with one attached hydrogen (secondary N) is 1. The zero-order valence-corrected chi connectivity index (χ0v) is 10.1. The van der Waals surface area contributed by atoms with Crippen molar-refractivity contribution < 1.29 is 4.79 Å². The predicted molar refractivity (Wildman–Crippen MR) is 70.0 cm³/mol. The van der Waals surface area contributed by atoms with Gasteiger partial charge in [0.05, 0.1) is 6.54 Å². The summed E-state index contributed by atoms with van der Waals surface area (Å²) >= 11 is 0. The normalized spacial score (nSPS) is 11.2. The van der Waals surface area contributed by atoms with Crippen molar-refractivity contribution in [2.45, 2.75) is 19.8 Å². The molecule has 0 fully saturated rings. The van der Waals surface area contributed by atoms with Crippen LogP contribution in [-0.4, -0.2) is 24.8 Å². The molecule has 4 heteroatoms. The molecule has 0 aliphatic heterocycles. The van der Waals surface area contributed by atoms with Gasteiger partial charge in [-0.15, -0.1) is 0 Å². The summed E-state index contributed by atoms with van der Waals surface area (Å²) in [5, 5.41) is 2.80. The predicted octanol–water partition coefficient (Wildman–Crippen LogP) is 1.31. The van der Waals surface area contributed by atoms with Crippen molar-refractivity contribution in [3.8, 4) is 0 Å². The van der Waals surface area contributed by atoms with E-state index in [1.165, 1.54) is 0 Å². The van der Waals surface area contributed by atoms with E-state index in [0.29, 0.717) is 18.8 Å². The average Bonchev–Trinajstić information content (AvgIpc) is 2.37. The summed E-state index contributed by atoms with van der Waals surface area (Å²) in [6.07, 6.45) is 1.33. The highest BCUT2D eigenvalue weighted by molar-refractivity contribution is 5.97. The number of nitrogens with two attached hydrogens (primary N) is 1. The van der Waals surface area contributed by atoms with Crippen molar-refractivity contribution in [1.29, 1.82) is 0 Å². The number of hydrogen-bond acceptors (Lipinski definition) is 2. The van der Waals surface area contributed by atoms with Gasteiger partial charge in [-0.2, -0.15) is 0 Å². The van der Waals surface area contributed by atoms with E-state index in [1.807, 2.05) is 37.3 Å². The van der Waals surface area contributed by atoms with Crippen LogP contribution < -0.4 is 11.1 Å². The number of aliphatic imine (C=N–C) groups is 1. The number of nitrogens with zero attached hydrogens (tertiary/aromatic N) is 1. The fourth-order valence-corrected chi connectivity index (χ4v) is 1.33. The van der Waals surface area contributed by atoms with Crippen LogP contribution in [0.2, 0.25) is 0 Å². The minimum atomic E-state index is 0.0245. The SMILES string of the molecule is CCCNC(=O)CCN=C(N)c1ccccc1. The standard InChI is InChI=1S/C13H19N3O/c1-2-9-15-12(17)8-10-16-13(14)11-6-4-3-5-7-11/h3-7H,2,8-10H2,1H3,(H2,14,16)(H,15,17). The fraction of sp³-hybridized carbons (Fsp3) is 0.385. The molecule has 4 nitrogen and oxygen atoms in total. The summed E-state index contributed by atoms with van der Waals surface area (Å²) in [6.45, 7) is 3.17. The van der Waals surface area contributed by atoms with Gasteiger partial charge in [0, 0.05) is 18.5 Å². The molecule has 0 aliphatic carbocycles. The van der Waals surface area contributed by atoms with Gasteiger partial charge in [-0.25, -0.2) is 0 Å². The van der Waals surface area contributed by atoms with Crippen LogP contribution in [0.1, 0.15) is 25.3 Å². The zero-order valence-electron chi connectivity index (χ0n) is 10.1. The monoisotopic (exact) mass is 233 g/mol. The molecule has 0 spiro atoms. The highest BCUT2D eigenvalue weighted by Gasteiger charge is 2.00. The number of carbonyl (C=O) groups is 1. The second kappa shape index (κ2) is 7.44. The molecule has 17 heavy (non-hydrogen) atoms. The van der Waals surface area contributed by atoms with E-state index in [4.69, 9.17) is 5.73 Å². The van der Waals surface area contributed by atoms with Crippen molar-refractivity contribution in [3.05, 3.63) is 35.9 Å². The Morgan fingerprint density at radius 3 is 2.71 bits per heavy atom. The molecule has 1 aromatic rings. The Morgan fingerprint density at radius 2 is 2.06 bits per heavy atom. The summed E-state index contributed by atoms with van der Waals surface area (Å²) in [4.78, 5) is 15.5. The van der Waals surface area contributed by atoms with Gasteiger partial charge in [0.25, 0.3) is 0 Å². The third-order valence-electron chi connectivity index (χ3n) is 2.26. The summed E-state index contributed by atoms with van der Waals surface area (Å²) in [6, 6.07) is 9.54. The Balaban J connectivity index is 2.36. The molecule has 0 saturated heterocycles. The van der Waals surface area contributed by atoms with Crippen LogP contribution in [0.5, 0.6) is 0 Å². The molecule has 0 aromatic heterocycles. The van der Waals surface area contributed by atoms with Gasteiger partial charge in [0.2, 0.25) is 5.91 Å². The van der Waals surface area contributed by atoms with E-state index in [2.05, 4.69) is 10.3 Å². The number of benzene rings is 1. The lowest BCUT2D eigenvalue weighted by Gasteiger charge is -2.02. The van der Waals surface area contributed by atoms with Crippen molar-refractivity contribution >= 4 is 11.7 Å². The van der Waals surface area contributed by atoms with E-state index in [9.17, 15) is 4.79 Å². The number of carbonyl (C=O) groups excluding carboxylic acids is 1. The van der Waals surface area contributed by atoms with E-state index >= 15 is 0 Å². The molecular formula is C13H19N3O. The first-order valence-electron chi connectivity index (χ1n) is 5.86. The molecular weight excluding hydrogens is 214 g/mol. The fourth-order valence-electron chi connectivity index (χ4n) is 1.33. The lowest BCUT2D eigenvalue weighted by Crippen LogP contribution is -2.24. The highest BCUT2D eigenvalue weighted by atomic mass is 16.1. The molecule has 0 radical (unpaired) electrons. The van der Waals surface area contributed by atoms with Crippen LogP contribution in [0.25, 0.3) is 0 Å². The first-order valence-corrected chi connectivity index (χ1v) is 5.86. The molecule has 0 aliphatic rings. The number of amidine groups is 1. The summed E-state index contributed by atoms with van der Waals surface area (Å²) < 4.78 is 0. The van der Waals surface area contributed by atoms with Crippen molar-refractivity contribution in [1.82, 2.24) is 5.32 Å². The lowest BCUT2D eigenvalue weighted by molar-refractivity contribution is -0.120. The third-order valence-corrected chi connectivity index (χ3v) is 2.26. The van der Waals surface area contributed by atoms with Gasteiger partial charge in [-0.3, -0.25) is 9.79 Å². The van der Waals surface area contributed by atoms with Gasteiger partial charge in [-0.1, -0.05) is 37.3 Å². The average molecular weight is 233 g/mol. The van der Waals surface area contributed by atoms with Gasteiger partial charge in [-0.05, 0) is 6.42 Å². The van der Waals surface area contributed by atoms with Crippen LogP contribution in [-0.2, 0) is 4.79 Å². The maximum atomic E-state index is 11.3. The quantitative estimate of drug-likeness (QED) is 0.574. The number of amides is 1. The van der Waals surface area contributed by atoms with Crippen LogP contribution in [0.15, 0.2) is 35.3 Å². The first-order chi connectivity index (χ1) is 8.24. The smallest absolute Gasteiger partial charge is 0.221 e. The van der Waals surface area contributed by atoms with E-state index < -0.39 is 0 Å². The molecule has 92 valence electrons. The summed E-state index contributed by atoms with van der Waals surface area (Å²) in [5.41, 5.74) is 6.69. The molecule has 1 aromatic carbocycles. The Kier molecular flexibility index (Phi) is 5.79. The largest absolute Gasteiger partial charge is 0.384 e. The minimum Gasteiger partial charge on any atom is -0.384 e. The van der Waals surface area contributed by atoms with Gasteiger partial charge in [0.1, 0.15) is 5.84 Å². The second-order valence-electron chi connectivity index (χ2n) is 3.73. The zero-order chi connectivity index (χ0) is 12.5. The van der Waals surface area contributed by atoms with Crippen molar-refractivity contribution in [2.24, 2.45) is 10.7 Å². The van der Waals surface area contributed by atoms with Gasteiger partial charge < -0.3 is 11.1 Å². The third kappa shape index (κ3) is 5.15. The number of hydrogen-bond donors (Lipinski definition) is 2. The van der Waals surface area contributed by atoms with Crippen LogP contribution in [0.4, 0.5) is 0 Å². The molecule has 3 N–H and O–H groups in total. The first kappa shape index (κ1) is 13.2. The molecule has 0 heterocycles. The van der Waals surface area contributed by atoms with Crippen LogP contribution in [0, 0.1) is 0 Å². The molecule has 0 atom stereocenters. The maximum Gasteiger partial charge on any atom is 0.221 e. The second-order valence-corrected chi connectivity index (χ2v) is 3.73. The van der Waals surface area contributed by atoms with Gasteiger partial charge >= 0.3 is 0 Å². The van der Waals surface area contributed by atoms with Crippen molar-refractivity contribution in [3.63, 3.8) is 0 Å². The van der Waals surface area contributed by atoms with E-state index in [-0.39, 0.29) is 5.91 Å². The maximum absolute atomic E-state index is 11.3. The molecule has 0 saturated carbocycles. The molecule has 0 bridgehead atoms. The Bertz CT molecular complexity index is 374. The molecule has 1 rings (SSSR count). The van der Waals surface area contributed by atoms with E-state index in [0.717, 1.165) is 18.5 Å². The topological polar surface area (TPSA) is 67.5 Å². The minimum absolute atomic E-state index is 0.0245. The summed E-state index contributed by atoms with van der Waals surface area (Å²) in [5.74, 6) is 0.505. The summed E-state index contributed by atoms with van der Waals surface area (Å²) in [7, 11) is 0. The Hall–Kier alpha value is -1.84. The van der Waals surface area contributed by atoms with Gasteiger partial charge in [0.15, 0.2) is 0 Å². The highest BCUT2D eigenvalue weighted by Crippen LogP contribution is 1.97. The Labute approximate surface area is 102 Å².